The van der Waals surface area contributed by atoms with Crippen molar-refractivity contribution in [2.75, 3.05) is 19.0 Å². The molecular weight excluding hydrogens is 429 g/mol. The Kier molecular flexibility index (Phi) is 6.66. The second-order valence-corrected chi connectivity index (χ2v) is 7.55. The van der Waals surface area contributed by atoms with E-state index in [1.165, 1.54) is 24.3 Å². The van der Waals surface area contributed by atoms with Crippen molar-refractivity contribution in [2.45, 2.75) is 25.8 Å². The monoisotopic (exact) mass is 450 g/mol. The van der Waals surface area contributed by atoms with Gasteiger partial charge < -0.3 is 20.7 Å². The molecule has 0 saturated carbocycles. The van der Waals surface area contributed by atoms with Gasteiger partial charge in [0.25, 0.3) is 5.91 Å². The molecule has 3 amide bonds. The van der Waals surface area contributed by atoms with Crippen LogP contribution in [-0.4, -0.2) is 41.3 Å². The van der Waals surface area contributed by atoms with Gasteiger partial charge in [-0.25, -0.2) is 18.2 Å². The topological polar surface area (TPSA) is 115 Å². The fourth-order valence-corrected chi connectivity index (χ4v) is 3.67. The summed E-state index contributed by atoms with van der Waals surface area (Å²) in [7, 11) is 1.29. The van der Waals surface area contributed by atoms with Crippen LogP contribution in [0.4, 0.5) is 18.9 Å². The zero-order chi connectivity index (χ0) is 23.6. The number of ether oxygens (including phenoxy) is 1. The quantitative estimate of drug-likeness (QED) is 0.549. The molecule has 3 rings (SSSR count). The number of anilines is 1. The molecule has 170 valence electrons. The molecule has 1 aromatic heterocycles. The number of carbonyl (C=O) groups is 3. The Hall–Kier alpha value is -3.63. The number of nitrogens with two attached hydrogens (primary N) is 1. The predicted octanol–water partition coefficient (Wildman–Crippen LogP) is 2.54. The molecule has 0 unspecified atom stereocenters. The lowest BCUT2D eigenvalue weighted by Gasteiger charge is -2.38. The van der Waals surface area contributed by atoms with Crippen LogP contribution < -0.4 is 15.8 Å². The second kappa shape index (κ2) is 9.25. The van der Waals surface area contributed by atoms with Crippen molar-refractivity contribution in [1.29, 1.82) is 0 Å². The number of hydrogen-bond acceptors (Lipinski definition) is 5. The van der Waals surface area contributed by atoms with Gasteiger partial charge in [0.15, 0.2) is 17.5 Å². The van der Waals surface area contributed by atoms with E-state index in [-0.39, 0.29) is 35.2 Å². The minimum Gasteiger partial charge on any atom is -0.480 e. The summed E-state index contributed by atoms with van der Waals surface area (Å²) in [6.45, 7) is 2.03. The number of aromatic nitrogens is 1. The summed E-state index contributed by atoms with van der Waals surface area (Å²) >= 11 is 0. The largest absolute Gasteiger partial charge is 0.480 e. The number of piperidine rings is 1. The lowest BCUT2D eigenvalue weighted by atomic mass is 9.89. The molecule has 1 aromatic carbocycles. The maximum atomic E-state index is 13.8. The first-order valence-corrected chi connectivity index (χ1v) is 9.72. The zero-order valence-electron chi connectivity index (χ0n) is 17.3. The van der Waals surface area contributed by atoms with E-state index < -0.39 is 41.2 Å². The first-order chi connectivity index (χ1) is 15.1. The molecule has 2 heterocycles. The van der Waals surface area contributed by atoms with E-state index in [1.807, 2.05) is 6.92 Å². The fraction of sp³-hybridized carbons (Fsp3) is 0.333. The van der Waals surface area contributed by atoms with E-state index in [0.29, 0.717) is 12.8 Å². The Bertz CT molecular complexity index is 1060. The molecule has 1 aliphatic heterocycles. The van der Waals surface area contributed by atoms with Gasteiger partial charge in [0.05, 0.1) is 25.0 Å². The van der Waals surface area contributed by atoms with Gasteiger partial charge in [0, 0.05) is 6.54 Å². The SMILES string of the molecule is COc1ncc(NC(=O)C(=O)N2C[C@H](C)CC[C@H]2c2cc(F)c(F)c(F)c2)cc1C(N)=O. The Balaban J connectivity index is 1.86. The molecule has 3 N–H and O–H groups in total. The van der Waals surface area contributed by atoms with Gasteiger partial charge >= 0.3 is 11.8 Å². The highest BCUT2D eigenvalue weighted by atomic mass is 19.2. The molecule has 1 fully saturated rings. The van der Waals surface area contributed by atoms with Crippen molar-refractivity contribution in [3.63, 3.8) is 0 Å². The number of benzene rings is 1. The smallest absolute Gasteiger partial charge is 0.313 e. The highest BCUT2D eigenvalue weighted by Gasteiger charge is 2.35. The van der Waals surface area contributed by atoms with Crippen molar-refractivity contribution in [1.82, 2.24) is 9.88 Å². The van der Waals surface area contributed by atoms with Gasteiger partial charge in [0.2, 0.25) is 5.88 Å². The molecular formula is C21H21F3N4O4. The number of halogens is 3. The van der Waals surface area contributed by atoms with Gasteiger partial charge in [-0.3, -0.25) is 14.4 Å². The highest BCUT2D eigenvalue weighted by molar-refractivity contribution is 6.39. The summed E-state index contributed by atoms with van der Waals surface area (Å²) in [5, 5.41) is 2.34. The van der Waals surface area contributed by atoms with Gasteiger partial charge in [-0.1, -0.05) is 6.92 Å². The number of carbonyl (C=O) groups excluding carboxylic acids is 3. The number of nitrogens with zero attached hydrogens (tertiary/aromatic N) is 2. The molecule has 1 saturated heterocycles. The van der Waals surface area contributed by atoms with Crippen LogP contribution in [0.25, 0.3) is 0 Å². The standard InChI is InChI=1S/C21H21F3N4O4/c1-10-3-4-16(11-5-14(22)17(24)15(23)6-11)28(9-10)21(31)19(30)27-12-7-13(18(25)29)20(32-2)26-8-12/h5-8,10,16H,3-4,9H2,1-2H3,(H2,25,29)(H,27,30)/t10-,16+/m1/s1. The van der Waals surface area contributed by atoms with Crippen molar-refractivity contribution >= 4 is 23.4 Å². The van der Waals surface area contributed by atoms with Crippen molar-refractivity contribution in [3.05, 3.63) is 53.0 Å². The molecule has 8 nitrogen and oxygen atoms in total. The van der Waals surface area contributed by atoms with Crippen molar-refractivity contribution < 1.29 is 32.3 Å². The van der Waals surface area contributed by atoms with E-state index in [4.69, 9.17) is 10.5 Å². The third-order valence-electron chi connectivity index (χ3n) is 5.23. The number of methoxy groups -OCH3 is 1. The molecule has 1 aliphatic rings. The number of rotatable bonds is 4. The highest BCUT2D eigenvalue weighted by Crippen LogP contribution is 2.34. The zero-order valence-corrected chi connectivity index (χ0v) is 17.3. The van der Waals surface area contributed by atoms with E-state index >= 15 is 0 Å². The lowest BCUT2D eigenvalue weighted by molar-refractivity contribution is -0.146. The van der Waals surface area contributed by atoms with Crippen LogP contribution >= 0.6 is 0 Å². The molecule has 2 atom stereocenters. The van der Waals surface area contributed by atoms with Gasteiger partial charge in [-0.15, -0.1) is 0 Å². The van der Waals surface area contributed by atoms with E-state index in [0.717, 1.165) is 12.1 Å². The number of nitrogens with one attached hydrogen (secondary N) is 1. The normalized spacial score (nSPS) is 18.2. The maximum Gasteiger partial charge on any atom is 0.313 e. The predicted molar refractivity (Wildman–Crippen MR) is 107 cm³/mol. The van der Waals surface area contributed by atoms with Crippen LogP contribution in [0.3, 0.4) is 0 Å². The lowest BCUT2D eigenvalue weighted by Crippen LogP contribution is -2.46. The van der Waals surface area contributed by atoms with Gasteiger partial charge in [-0.2, -0.15) is 0 Å². The minimum absolute atomic E-state index is 0.0263. The van der Waals surface area contributed by atoms with E-state index in [1.54, 1.807) is 0 Å². The van der Waals surface area contributed by atoms with Crippen LogP contribution in [0, 0.1) is 23.4 Å². The summed E-state index contributed by atoms with van der Waals surface area (Å²) in [5.41, 5.74) is 5.25. The summed E-state index contributed by atoms with van der Waals surface area (Å²) in [4.78, 5) is 42.2. The number of amides is 3. The molecule has 0 bridgehead atoms. The third kappa shape index (κ3) is 4.66. The van der Waals surface area contributed by atoms with Crippen LogP contribution in [0.15, 0.2) is 24.4 Å². The van der Waals surface area contributed by atoms with E-state index in [2.05, 4.69) is 10.3 Å². The molecule has 11 heteroatoms. The molecule has 2 aromatic rings. The Morgan fingerprint density at radius 3 is 2.41 bits per heavy atom. The van der Waals surface area contributed by atoms with E-state index in [9.17, 15) is 27.6 Å². The maximum absolute atomic E-state index is 13.8. The summed E-state index contributed by atoms with van der Waals surface area (Å²) < 4.78 is 45.8. The molecule has 0 radical (unpaired) electrons. The molecule has 0 aliphatic carbocycles. The number of likely N-dealkylation sites (tertiary alicyclic amines) is 1. The summed E-state index contributed by atoms with van der Waals surface area (Å²) in [6.07, 6.45) is 2.15. The molecule has 0 spiro atoms. The van der Waals surface area contributed by atoms with Crippen molar-refractivity contribution in [3.8, 4) is 5.88 Å². The van der Waals surface area contributed by atoms with Crippen molar-refractivity contribution in [2.24, 2.45) is 11.7 Å². The number of pyridine rings is 1. The number of hydrogen-bond donors (Lipinski definition) is 2. The van der Waals surface area contributed by atoms with Gasteiger partial charge in [-0.05, 0) is 42.5 Å². The Morgan fingerprint density at radius 1 is 1.16 bits per heavy atom. The second-order valence-electron chi connectivity index (χ2n) is 7.55. The summed E-state index contributed by atoms with van der Waals surface area (Å²) in [5.74, 6) is -7.22. The number of primary amides is 1. The van der Waals surface area contributed by atoms with Crippen LogP contribution in [-0.2, 0) is 9.59 Å². The van der Waals surface area contributed by atoms with Gasteiger partial charge in [0.1, 0.15) is 5.56 Å². The molecule has 32 heavy (non-hydrogen) atoms. The minimum atomic E-state index is -1.61. The Morgan fingerprint density at radius 2 is 1.81 bits per heavy atom. The summed E-state index contributed by atoms with van der Waals surface area (Å²) in [6, 6.07) is 2.04. The van der Waals surface area contributed by atoms with Crippen LogP contribution in [0.2, 0.25) is 0 Å². The average molecular weight is 450 g/mol. The first-order valence-electron chi connectivity index (χ1n) is 9.72. The average Bonchev–Trinajstić information content (AvgIpc) is 2.76. The fourth-order valence-electron chi connectivity index (χ4n) is 3.67. The van der Waals surface area contributed by atoms with Crippen LogP contribution in [0.1, 0.15) is 41.7 Å². The first kappa shape index (κ1) is 23.0. The van der Waals surface area contributed by atoms with Crippen LogP contribution in [0.5, 0.6) is 5.88 Å². The Labute approximate surface area is 181 Å². The third-order valence-corrected chi connectivity index (χ3v) is 5.23.